The number of carboxylic acid groups (broad SMARTS) is 2. The highest BCUT2D eigenvalue weighted by atomic mass is 16.4. The molecule has 2 rings (SSSR count). The molecule has 0 amide bonds. The molecule has 0 spiro atoms. The van der Waals surface area contributed by atoms with Crippen LogP contribution in [0.3, 0.4) is 0 Å². The van der Waals surface area contributed by atoms with Crippen LogP contribution in [0.25, 0.3) is 0 Å². The number of hydrogen-bond donors (Lipinski definition) is 0. The molecule has 0 atom stereocenters. The molecule has 0 aromatic carbocycles. The topological polar surface area (TPSA) is 97.9 Å². The first-order chi connectivity index (χ1) is 15.3. The molecule has 182 valence electrons. The average molecular weight is 451 g/mol. The van der Waals surface area contributed by atoms with E-state index in [1.165, 1.54) is 0 Å². The molecule has 0 fully saturated rings. The van der Waals surface area contributed by atoms with E-state index in [1.807, 2.05) is 35.6 Å². The highest BCUT2D eigenvalue weighted by molar-refractivity contribution is 5.64. The molecule has 8 nitrogen and oxygen atoms in total. The van der Waals surface area contributed by atoms with E-state index < -0.39 is 11.9 Å². The SMILES string of the molecule is CCn1cc[n+](C)c1.CCn1cc[n+](C)c1.O=C([O-])CCCCCCCCCCC(=O)[O-]. The number of rotatable bonds is 13. The average Bonchev–Trinajstić information content (AvgIpc) is 3.37. The standard InChI is InChI=1S/C12H22O4.2C6H11N2/c13-11(14)9-7-5-3-1-2-4-6-8-10-12(15)16;2*1-3-8-5-4-7(2)6-8/h1-10H2,(H,13,14)(H,15,16);2*4-6H,3H2,1-2H3/q;2*+1/p-2. The van der Waals surface area contributed by atoms with Gasteiger partial charge >= 0.3 is 0 Å². The van der Waals surface area contributed by atoms with Crippen LogP contribution in [0.4, 0.5) is 0 Å². The van der Waals surface area contributed by atoms with E-state index in [-0.39, 0.29) is 12.8 Å². The molecular formula is C24H42N4O4. The zero-order chi connectivity index (χ0) is 24.2. The van der Waals surface area contributed by atoms with Crippen LogP contribution >= 0.6 is 0 Å². The van der Waals surface area contributed by atoms with Gasteiger partial charge in [0.2, 0.25) is 12.7 Å². The molecule has 0 aliphatic heterocycles. The number of aryl methyl sites for hydroxylation is 4. The van der Waals surface area contributed by atoms with E-state index in [4.69, 9.17) is 0 Å². The molecule has 2 aromatic rings. The molecule has 0 aliphatic rings. The van der Waals surface area contributed by atoms with Crippen molar-refractivity contribution in [3.8, 4) is 0 Å². The van der Waals surface area contributed by atoms with Gasteiger partial charge in [-0.15, -0.1) is 0 Å². The number of carboxylic acids is 2. The first-order valence-electron chi connectivity index (χ1n) is 11.7. The van der Waals surface area contributed by atoms with Crippen molar-refractivity contribution in [3.05, 3.63) is 37.4 Å². The Labute approximate surface area is 193 Å². The quantitative estimate of drug-likeness (QED) is 0.336. The molecule has 2 aromatic heterocycles. The van der Waals surface area contributed by atoms with Gasteiger partial charge in [0.1, 0.15) is 24.8 Å². The highest BCUT2D eigenvalue weighted by Gasteiger charge is 1.94. The van der Waals surface area contributed by atoms with E-state index >= 15 is 0 Å². The number of aromatic nitrogens is 4. The minimum Gasteiger partial charge on any atom is -0.550 e. The summed E-state index contributed by atoms with van der Waals surface area (Å²) in [7, 11) is 4.04. The van der Waals surface area contributed by atoms with Crippen LogP contribution < -0.4 is 19.3 Å². The molecule has 0 saturated carbocycles. The van der Waals surface area contributed by atoms with Gasteiger partial charge in [-0.1, -0.05) is 38.5 Å². The second-order valence-electron chi connectivity index (χ2n) is 7.89. The van der Waals surface area contributed by atoms with Gasteiger partial charge in [0.25, 0.3) is 0 Å². The Kier molecular flexibility index (Phi) is 17.5. The van der Waals surface area contributed by atoms with E-state index in [1.54, 1.807) is 0 Å². The van der Waals surface area contributed by atoms with Gasteiger partial charge in [-0.25, -0.2) is 18.3 Å². The molecule has 32 heavy (non-hydrogen) atoms. The second-order valence-corrected chi connectivity index (χ2v) is 7.89. The van der Waals surface area contributed by atoms with Gasteiger partial charge in [-0.3, -0.25) is 0 Å². The van der Waals surface area contributed by atoms with Crippen LogP contribution in [-0.2, 0) is 36.8 Å². The number of carbonyl (C=O) groups excluding carboxylic acids is 2. The fourth-order valence-corrected chi connectivity index (χ4v) is 2.98. The van der Waals surface area contributed by atoms with Crippen molar-refractivity contribution in [2.45, 2.75) is 91.1 Å². The summed E-state index contributed by atoms with van der Waals surface area (Å²) in [4.78, 5) is 20.2. The normalized spacial score (nSPS) is 10.0. The summed E-state index contributed by atoms with van der Waals surface area (Å²) in [6.45, 7) is 6.36. The Balaban J connectivity index is 0.000000497. The lowest BCUT2D eigenvalue weighted by Crippen LogP contribution is -2.23. The second kappa shape index (κ2) is 19.1. The van der Waals surface area contributed by atoms with Crippen molar-refractivity contribution in [1.29, 1.82) is 0 Å². The molecule has 0 bridgehead atoms. The van der Waals surface area contributed by atoms with E-state index in [0.717, 1.165) is 51.6 Å². The van der Waals surface area contributed by atoms with Crippen LogP contribution in [0.2, 0.25) is 0 Å². The lowest BCUT2D eigenvalue weighted by atomic mass is 10.1. The van der Waals surface area contributed by atoms with Gasteiger partial charge in [0.05, 0.1) is 27.2 Å². The molecule has 8 heteroatoms. The summed E-state index contributed by atoms with van der Waals surface area (Å²) in [6, 6.07) is 0. The first kappa shape index (κ1) is 29.4. The molecule has 0 unspecified atom stereocenters. The van der Waals surface area contributed by atoms with E-state index in [2.05, 4.69) is 48.0 Å². The Morgan fingerprint density at radius 2 is 0.969 bits per heavy atom. The van der Waals surface area contributed by atoms with Gasteiger partial charge in [-0.2, -0.15) is 0 Å². The minimum absolute atomic E-state index is 0.158. The van der Waals surface area contributed by atoms with Crippen molar-refractivity contribution in [2.75, 3.05) is 0 Å². The fourth-order valence-electron chi connectivity index (χ4n) is 2.98. The largest absolute Gasteiger partial charge is 0.550 e. The Morgan fingerprint density at radius 3 is 1.16 bits per heavy atom. The maximum atomic E-state index is 10.1. The Bertz CT molecular complexity index is 678. The van der Waals surface area contributed by atoms with Gasteiger partial charge in [0.15, 0.2) is 0 Å². The number of aliphatic carboxylic acids is 2. The molecular weight excluding hydrogens is 408 g/mol. The number of nitrogens with zero attached hydrogens (tertiary/aromatic N) is 4. The number of imidazole rings is 2. The molecule has 0 N–H and O–H groups in total. The monoisotopic (exact) mass is 450 g/mol. The molecule has 0 saturated heterocycles. The van der Waals surface area contributed by atoms with E-state index in [0.29, 0.717) is 12.8 Å². The van der Waals surface area contributed by atoms with Crippen LogP contribution in [0.5, 0.6) is 0 Å². The lowest BCUT2D eigenvalue weighted by Gasteiger charge is -2.03. The summed E-state index contributed by atoms with van der Waals surface area (Å²) in [5, 5.41) is 20.2. The smallest absolute Gasteiger partial charge is 0.243 e. The summed E-state index contributed by atoms with van der Waals surface area (Å²) in [6.07, 6.45) is 20.2. The summed E-state index contributed by atoms with van der Waals surface area (Å²) < 4.78 is 8.31. The van der Waals surface area contributed by atoms with Crippen LogP contribution in [0.15, 0.2) is 37.4 Å². The van der Waals surface area contributed by atoms with Crippen molar-refractivity contribution in [2.24, 2.45) is 14.1 Å². The van der Waals surface area contributed by atoms with Crippen molar-refractivity contribution in [1.82, 2.24) is 9.13 Å². The number of carbonyl (C=O) groups is 2. The third-order valence-corrected chi connectivity index (χ3v) is 4.89. The lowest BCUT2D eigenvalue weighted by molar-refractivity contribution is -0.671. The molecule has 0 aliphatic carbocycles. The predicted octanol–water partition coefficient (Wildman–Crippen LogP) is 1.05. The first-order valence-corrected chi connectivity index (χ1v) is 11.7. The van der Waals surface area contributed by atoms with Crippen molar-refractivity contribution >= 4 is 11.9 Å². The summed E-state index contributed by atoms with van der Waals surface area (Å²) in [5.74, 6) is -1.94. The van der Waals surface area contributed by atoms with E-state index in [9.17, 15) is 19.8 Å². The highest BCUT2D eigenvalue weighted by Crippen LogP contribution is 2.10. The Hall–Kier alpha value is -2.64. The van der Waals surface area contributed by atoms with Crippen LogP contribution in [-0.4, -0.2) is 21.1 Å². The minimum atomic E-state index is -0.970. The van der Waals surface area contributed by atoms with Crippen LogP contribution in [0.1, 0.15) is 78.1 Å². The third-order valence-electron chi connectivity index (χ3n) is 4.89. The zero-order valence-corrected chi connectivity index (χ0v) is 20.4. The number of hydrogen-bond acceptors (Lipinski definition) is 4. The maximum absolute atomic E-state index is 10.1. The van der Waals surface area contributed by atoms with Crippen molar-refractivity contribution in [3.63, 3.8) is 0 Å². The number of unbranched alkanes of at least 4 members (excludes halogenated alkanes) is 7. The molecule has 2 heterocycles. The van der Waals surface area contributed by atoms with Gasteiger partial charge in [-0.05, 0) is 39.5 Å². The van der Waals surface area contributed by atoms with Crippen molar-refractivity contribution < 1.29 is 28.9 Å². The predicted molar refractivity (Wildman–Crippen MR) is 119 cm³/mol. The fraction of sp³-hybridized carbons (Fsp3) is 0.667. The summed E-state index contributed by atoms with van der Waals surface area (Å²) in [5.41, 5.74) is 0. The zero-order valence-electron chi connectivity index (χ0n) is 20.4. The van der Waals surface area contributed by atoms with Gasteiger partial charge in [0, 0.05) is 11.9 Å². The van der Waals surface area contributed by atoms with Crippen LogP contribution in [0, 0.1) is 0 Å². The maximum Gasteiger partial charge on any atom is 0.243 e. The summed E-state index contributed by atoms with van der Waals surface area (Å²) >= 11 is 0. The molecule has 0 radical (unpaired) electrons. The van der Waals surface area contributed by atoms with Gasteiger partial charge < -0.3 is 19.8 Å². The Morgan fingerprint density at radius 1 is 0.656 bits per heavy atom. The third kappa shape index (κ3) is 18.2.